The molecule has 0 unspecified atom stereocenters. The Bertz CT molecular complexity index is 663. The number of aromatic nitrogens is 2. The third kappa shape index (κ3) is 4.53. The average molecular weight is 318 g/mol. The van der Waals surface area contributed by atoms with Gasteiger partial charge < -0.3 is 14.6 Å². The summed E-state index contributed by atoms with van der Waals surface area (Å²) in [5, 5.41) is 7.64. The molecular formula is C17H26N4O2. The van der Waals surface area contributed by atoms with Gasteiger partial charge in [-0.15, -0.1) is 5.10 Å². The lowest BCUT2D eigenvalue weighted by Crippen LogP contribution is -2.45. The van der Waals surface area contributed by atoms with Gasteiger partial charge in [-0.05, 0) is 33.5 Å². The first-order chi connectivity index (χ1) is 10.9. The molecule has 0 spiro atoms. The van der Waals surface area contributed by atoms with Crippen LogP contribution in [0.25, 0.3) is 0 Å². The summed E-state index contributed by atoms with van der Waals surface area (Å²) in [5.74, 6) is -0.0123. The normalized spacial score (nSPS) is 15.6. The van der Waals surface area contributed by atoms with Gasteiger partial charge in [0.25, 0.3) is 0 Å². The van der Waals surface area contributed by atoms with Gasteiger partial charge in [-0.2, -0.15) is 4.68 Å². The molecule has 1 N–H and O–H groups in total. The van der Waals surface area contributed by atoms with Gasteiger partial charge >= 0.3 is 5.76 Å². The van der Waals surface area contributed by atoms with Crippen molar-refractivity contribution in [1.82, 2.24) is 20.0 Å². The van der Waals surface area contributed by atoms with Crippen LogP contribution < -0.4 is 11.1 Å². The molecule has 1 aromatic carbocycles. The standard InChI is InChI=1S/C17H26N4O2/c1-12(11-21-17(22)23-14(3)19-21)18-13(2)16(20(4)5)15-9-7-6-8-10-15/h6-10,12-13,16,18H,11H2,1-5H3/t12-,13+,16+/m0/s1. The highest BCUT2D eigenvalue weighted by Gasteiger charge is 2.23. The molecule has 0 aliphatic rings. The van der Waals surface area contributed by atoms with E-state index < -0.39 is 5.76 Å². The third-order valence-corrected chi connectivity index (χ3v) is 3.87. The van der Waals surface area contributed by atoms with Crippen molar-refractivity contribution in [3.05, 3.63) is 52.3 Å². The molecule has 6 heteroatoms. The molecular weight excluding hydrogens is 292 g/mol. The van der Waals surface area contributed by atoms with E-state index in [4.69, 9.17) is 4.42 Å². The average Bonchev–Trinajstić information content (AvgIpc) is 2.77. The maximum Gasteiger partial charge on any atom is 0.437 e. The molecule has 0 aliphatic heterocycles. The second kappa shape index (κ2) is 7.57. The number of likely N-dealkylation sites (N-methyl/N-ethyl adjacent to an activating group) is 1. The van der Waals surface area contributed by atoms with Crippen molar-refractivity contribution in [3.8, 4) is 0 Å². The predicted octanol–water partition coefficient (Wildman–Crippen LogP) is 1.81. The Kier molecular flexibility index (Phi) is 5.74. The fraction of sp³-hybridized carbons (Fsp3) is 0.529. The monoisotopic (exact) mass is 318 g/mol. The van der Waals surface area contributed by atoms with Gasteiger partial charge in [0.05, 0.1) is 6.54 Å². The molecule has 0 aliphatic carbocycles. The van der Waals surface area contributed by atoms with Crippen molar-refractivity contribution < 1.29 is 4.42 Å². The number of nitrogens with one attached hydrogen (secondary N) is 1. The van der Waals surface area contributed by atoms with E-state index in [0.717, 1.165) is 0 Å². The van der Waals surface area contributed by atoms with Crippen LogP contribution in [0.5, 0.6) is 0 Å². The molecule has 0 radical (unpaired) electrons. The van der Waals surface area contributed by atoms with Crippen LogP contribution in [0.1, 0.15) is 31.3 Å². The molecule has 126 valence electrons. The van der Waals surface area contributed by atoms with Crippen LogP contribution in [0.2, 0.25) is 0 Å². The SMILES string of the molecule is Cc1nn(C[C@H](C)N[C@H](C)[C@H](c2ccccc2)N(C)C)c(=O)o1. The molecule has 0 fully saturated rings. The van der Waals surface area contributed by atoms with Crippen LogP contribution in [0.4, 0.5) is 0 Å². The van der Waals surface area contributed by atoms with E-state index >= 15 is 0 Å². The van der Waals surface area contributed by atoms with E-state index in [9.17, 15) is 4.79 Å². The maximum absolute atomic E-state index is 11.6. The van der Waals surface area contributed by atoms with Crippen LogP contribution in [-0.4, -0.2) is 40.9 Å². The van der Waals surface area contributed by atoms with Crippen molar-refractivity contribution in [3.63, 3.8) is 0 Å². The summed E-state index contributed by atoms with van der Waals surface area (Å²) in [5.41, 5.74) is 1.26. The van der Waals surface area contributed by atoms with Crippen LogP contribution in [0.15, 0.2) is 39.5 Å². The molecule has 23 heavy (non-hydrogen) atoms. The number of hydrogen-bond donors (Lipinski definition) is 1. The van der Waals surface area contributed by atoms with Crippen molar-refractivity contribution in [1.29, 1.82) is 0 Å². The van der Waals surface area contributed by atoms with Gasteiger partial charge in [0.15, 0.2) is 0 Å². The summed E-state index contributed by atoms with van der Waals surface area (Å²) >= 11 is 0. The summed E-state index contributed by atoms with van der Waals surface area (Å²) in [6.45, 7) is 6.36. The molecule has 0 saturated heterocycles. The molecule has 3 atom stereocenters. The van der Waals surface area contributed by atoms with Gasteiger partial charge in [0, 0.05) is 25.0 Å². The smallest absolute Gasteiger partial charge is 0.393 e. The zero-order chi connectivity index (χ0) is 17.0. The van der Waals surface area contributed by atoms with E-state index in [1.165, 1.54) is 10.2 Å². The first-order valence-corrected chi connectivity index (χ1v) is 7.90. The molecule has 1 heterocycles. The van der Waals surface area contributed by atoms with Crippen molar-refractivity contribution >= 4 is 0 Å². The van der Waals surface area contributed by atoms with Crippen LogP contribution >= 0.6 is 0 Å². The minimum Gasteiger partial charge on any atom is -0.393 e. The summed E-state index contributed by atoms with van der Waals surface area (Å²) in [7, 11) is 4.15. The summed E-state index contributed by atoms with van der Waals surface area (Å²) in [4.78, 5) is 13.8. The number of aryl methyl sites for hydroxylation is 1. The Labute approximate surface area is 137 Å². The fourth-order valence-electron chi connectivity index (χ4n) is 3.06. The lowest BCUT2D eigenvalue weighted by Gasteiger charge is -2.33. The van der Waals surface area contributed by atoms with E-state index in [1.807, 2.05) is 13.0 Å². The molecule has 2 aromatic rings. The zero-order valence-corrected chi connectivity index (χ0v) is 14.5. The second-order valence-electron chi connectivity index (χ2n) is 6.24. The third-order valence-electron chi connectivity index (χ3n) is 3.87. The van der Waals surface area contributed by atoms with E-state index in [0.29, 0.717) is 12.4 Å². The Balaban J connectivity index is 2.05. The van der Waals surface area contributed by atoms with Crippen molar-refractivity contribution in [2.45, 2.75) is 45.4 Å². The first kappa shape index (κ1) is 17.4. The molecule has 2 rings (SSSR count). The lowest BCUT2D eigenvalue weighted by atomic mass is 9.99. The van der Waals surface area contributed by atoms with Gasteiger partial charge in [0.1, 0.15) is 0 Å². The lowest BCUT2D eigenvalue weighted by molar-refractivity contribution is 0.224. The van der Waals surface area contributed by atoms with Crippen LogP contribution in [0.3, 0.4) is 0 Å². The largest absolute Gasteiger partial charge is 0.437 e. The maximum atomic E-state index is 11.6. The Morgan fingerprint density at radius 1 is 1.26 bits per heavy atom. The van der Waals surface area contributed by atoms with E-state index in [1.54, 1.807) is 6.92 Å². The highest BCUT2D eigenvalue weighted by molar-refractivity contribution is 5.20. The highest BCUT2D eigenvalue weighted by atomic mass is 16.4. The molecule has 0 amide bonds. The Morgan fingerprint density at radius 3 is 2.43 bits per heavy atom. The predicted molar refractivity (Wildman–Crippen MR) is 90.4 cm³/mol. The summed E-state index contributed by atoms with van der Waals surface area (Å²) in [6, 6.07) is 11.0. The highest BCUT2D eigenvalue weighted by Crippen LogP contribution is 2.22. The number of nitrogens with zero attached hydrogens (tertiary/aromatic N) is 3. The zero-order valence-electron chi connectivity index (χ0n) is 14.5. The fourth-order valence-corrected chi connectivity index (χ4v) is 3.06. The van der Waals surface area contributed by atoms with E-state index in [2.05, 4.69) is 60.6 Å². The van der Waals surface area contributed by atoms with E-state index in [-0.39, 0.29) is 18.1 Å². The number of hydrogen-bond acceptors (Lipinski definition) is 5. The minimum atomic E-state index is -0.406. The topological polar surface area (TPSA) is 63.3 Å². The van der Waals surface area contributed by atoms with Crippen LogP contribution in [0, 0.1) is 6.92 Å². The minimum absolute atomic E-state index is 0.0957. The van der Waals surface area contributed by atoms with Crippen LogP contribution in [-0.2, 0) is 6.54 Å². The summed E-state index contributed by atoms with van der Waals surface area (Å²) < 4.78 is 6.30. The van der Waals surface area contributed by atoms with Gasteiger partial charge in [-0.3, -0.25) is 0 Å². The molecule has 0 bridgehead atoms. The first-order valence-electron chi connectivity index (χ1n) is 7.90. The summed E-state index contributed by atoms with van der Waals surface area (Å²) in [6.07, 6.45) is 0. The van der Waals surface area contributed by atoms with Crippen molar-refractivity contribution in [2.75, 3.05) is 14.1 Å². The Morgan fingerprint density at radius 2 is 1.91 bits per heavy atom. The van der Waals surface area contributed by atoms with Gasteiger partial charge in [-0.1, -0.05) is 30.3 Å². The molecule has 1 aromatic heterocycles. The molecule has 6 nitrogen and oxygen atoms in total. The quantitative estimate of drug-likeness (QED) is 0.843. The van der Waals surface area contributed by atoms with Gasteiger partial charge in [-0.25, -0.2) is 4.79 Å². The molecule has 0 saturated carbocycles. The second-order valence-corrected chi connectivity index (χ2v) is 6.24. The Hall–Kier alpha value is -1.92. The number of rotatable bonds is 7. The van der Waals surface area contributed by atoms with Crippen molar-refractivity contribution in [2.24, 2.45) is 0 Å². The number of benzene rings is 1. The van der Waals surface area contributed by atoms with Gasteiger partial charge in [0.2, 0.25) is 5.89 Å².